The number of benzene rings is 1. The minimum Gasteiger partial charge on any atom is -0.476 e. The predicted octanol–water partition coefficient (Wildman–Crippen LogP) is 1.68. The third-order valence-electron chi connectivity index (χ3n) is 3.06. The van der Waals surface area contributed by atoms with E-state index in [0.717, 1.165) is 5.56 Å². The standard InChI is InChI=1S/C14H15ClN4O3/c1-14(2,9-4-3-5-10(15)6-9)16-12(20)8-19-7-11(13(21)22)17-18-19/h3-7H,8H2,1-2H3,(H,16,20)(H,21,22). The lowest BCUT2D eigenvalue weighted by molar-refractivity contribution is -0.123. The second-order valence-corrected chi connectivity index (χ2v) is 5.73. The van der Waals surface area contributed by atoms with Crippen LogP contribution in [0, 0.1) is 0 Å². The lowest BCUT2D eigenvalue weighted by atomic mass is 9.94. The van der Waals surface area contributed by atoms with Crippen molar-refractivity contribution in [3.05, 3.63) is 46.7 Å². The van der Waals surface area contributed by atoms with Crippen molar-refractivity contribution in [3.63, 3.8) is 0 Å². The molecule has 2 rings (SSSR count). The van der Waals surface area contributed by atoms with Crippen LogP contribution in [0.4, 0.5) is 0 Å². The van der Waals surface area contributed by atoms with Crippen molar-refractivity contribution in [2.24, 2.45) is 0 Å². The van der Waals surface area contributed by atoms with Gasteiger partial charge >= 0.3 is 5.97 Å². The maximum absolute atomic E-state index is 12.1. The van der Waals surface area contributed by atoms with Crippen LogP contribution in [-0.4, -0.2) is 32.0 Å². The van der Waals surface area contributed by atoms with E-state index in [2.05, 4.69) is 15.6 Å². The summed E-state index contributed by atoms with van der Waals surface area (Å²) in [6, 6.07) is 7.21. The summed E-state index contributed by atoms with van der Waals surface area (Å²) >= 11 is 5.96. The number of hydrogen-bond donors (Lipinski definition) is 2. The van der Waals surface area contributed by atoms with E-state index in [9.17, 15) is 9.59 Å². The molecule has 8 heteroatoms. The van der Waals surface area contributed by atoms with E-state index in [1.54, 1.807) is 12.1 Å². The molecule has 0 aliphatic carbocycles. The van der Waals surface area contributed by atoms with Crippen molar-refractivity contribution >= 4 is 23.5 Å². The van der Waals surface area contributed by atoms with Gasteiger partial charge in [-0.2, -0.15) is 0 Å². The summed E-state index contributed by atoms with van der Waals surface area (Å²) in [5, 5.41) is 19.3. The van der Waals surface area contributed by atoms with Crippen molar-refractivity contribution in [1.82, 2.24) is 20.3 Å². The molecule has 2 aromatic rings. The van der Waals surface area contributed by atoms with Crippen LogP contribution in [0.3, 0.4) is 0 Å². The fourth-order valence-corrected chi connectivity index (χ4v) is 2.15. The van der Waals surface area contributed by atoms with Gasteiger partial charge < -0.3 is 10.4 Å². The molecule has 1 aromatic heterocycles. The molecule has 22 heavy (non-hydrogen) atoms. The zero-order valence-corrected chi connectivity index (χ0v) is 12.8. The Bertz CT molecular complexity index is 712. The number of aromatic carboxylic acids is 1. The number of halogens is 1. The van der Waals surface area contributed by atoms with E-state index < -0.39 is 11.5 Å². The average molecular weight is 323 g/mol. The second kappa shape index (κ2) is 6.15. The number of carboxylic acids is 1. The largest absolute Gasteiger partial charge is 0.476 e. The number of nitrogens with zero attached hydrogens (tertiary/aromatic N) is 3. The summed E-state index contributed by atoms with van der Waals surface area (Å²) in [4.78, 5) is 22.8. The fourth-order valence-electron chi connectivity index (χ4n) is 1.96. The summed E-state index contributed by atoms with van der Waals surface area (Å²) in [6.45, 7) is 3.57. The lowest BCUT2D eigenvalue weighted by Crippen LogP contribution is -2.42. The van der Waals surface area contributed by atoms with Gasteiger partial charge in [0, 0.05) is 5.02 Å². The molecule has 0 bridgehead atoms. The Morgan fingerprint density at radius 1 is 1.41 bits per heavy atom. The highest BCUT2D eigenvalue weighted by molar-refractivity contribution is 6.30. The van der Waals surface area contributed by atoms with Crippen LogP contribution < -0.4 is 5.32 Å². The molecular weight excluding hydrogens is 308 g/mol. The summed E-state index contributed by atoms with van der Waals surface area (Å²) in [5.41, 5.74) is 0.0260. The number of nitrogens with one attached hydrogen (secondary N) is 1. The first-order chi connectivity index (χ1) is 10.3. The zero-order chi connectivity index (χ0) is 16.3. The molecule has 0 saturated carbocycles. The monoisotopic (exact) mass is 322 g/mol. The first-order valence-corrected chi connectivity index (χ1v) is 6.86. The molecule has 0 aliphatic heterocycles. The Labute approximate surface area is 131 Å². The van der Waals surface area contributed by atoms with Gasteiger partial charge in [-0.3, -0.25) is 4.79 Å². The van der Waals surface area contributed by atoms with E-state index in [4.69, 9.17) is 16.7 Å². The summed E-state index contributed by atoms with van der Waals surface area (Å²) < 4.78 is 1.17. The molecular formula is C14H15ClN4O3. The number of carbonyl (C=O) groups is 2. The van der Waals surface area contributed by atoms with Crippen LogP contribution in [0.1, 0.15) is 29.9 Å². The van der Waals surface area contributed by atoms with Crippen LogP contribution >= 0.6 is 11.6 Å². The average Bonchev–Trinajstić information content (AvgIpc) is 2.86. The van der Waals surface area contributed by atoms with Gasteiger partial charge in [-0.05, 0) is 31.5 Å². The van der Waals surface area contributed by atoms with Crippen molar-refractivity contribution < 1.29 is 14.7 Å². The minimum absolute atomic E-state index is 0.121. The third-order valence-corrected chi connectivity index (χ3v) is 3.30. The molecule has 1 aromatic carbocycles. The third kappa shape index (κ3) is 3.82. The normalized spacial score (nSPS) is 11.2. The molecule has 0 spiro atoms. The molecule has 0 atom stereocenters. The number of aromatic nitrogens is 3. The molecule has 0 saturated heterocycles. The van der Waals surface area contributed by atoms with E-state index in [1.165, 1.54) is 10.9 Å². The minimum atomic E-state index is -1.19. The number of carboxylic acid groups (broad SMARTS) is 1. The predicted molar refractivity (Wildman–Crippen MR) is 79.6 cm³/mol. The number of hydrogen-bond acceptors (Lipinski definition) is 4. The molecule has 2 N–H and O–H groups in total. The van der Waals surface area contributed by atoms with Crippen LogP contribution in [0.5, 0.6) is 0 Å². The molecule has 0 unspecified atom stereocenters. The summed E-state index contributed by atoms with van der Waals surface area (Å²) in [5.74, 6) is -1.50. The fraction of sp³-hybridized carbons (Fsp3) is 0.286. The Balaban J connectivity index is 2.05. The molecule has 116 valence electrons. The Kier molecular flexibility index (Phi) is 4.46. The van der Waals surface area contributed by atoms with Crippen LogP contribution in [-0.2, 0) is 16.9 Å². The number of carbonyl (C=O) groups excluding carboxylic acids is 1. The van der Waals surface area contributed by atoms with E-state index >= 15 is 0 Å². The Hall–Kier alpha value is -2.41. The molecule has 0 fully saturated rings. The molecule has 1 amide bonds. The van der Waals surface area contributed by atoms with Gasteiger partial charge in [-0.25, -0.2) is 9.48 Å². The Morgan fingerprint density at radius 3 is 2.73 bits per heavy atom. The van der Waals surface area contributed by atoms with Gasteiger partial charge in [0.2, 0.25) is 5.91 Å². The second-order valence-electron chi connectivity index (χ2n) is 5.29. The SMILES string of the molecule is CC(C)(NC(=O)Cn1cc(C(=O)O)nn1)c1cccc(Cl)c1. The highest BCUT2D eigenvalue weighted by Crippen LogP contribution is 2.22. The van der Waals surface area contributed by atoms with Crippen molar-refractivity contribution in [3.8, 4) is 0 Å². The molecule has 0 aliphatic rings. The molecule has 0 radical (unpaired) electrons. The highest BCUT2D eigenvalue weighted by atomic mass is 35.5. The number of amides is 1. The van der Waals surface area contributed by atoms with Crippen LogP contribution in [0.15, 0.2) is 30.5 Å². The van der Waals surface area contributed by atoms with Gasteiger partial charge in [-0.1, -0.05) is 28.9 Å². The molecule has 7 nitrogen and oxygen atoms in total. The zero-order valence-electron chi connectivity index (χ0n) is 12.1. The van der Waals surface area contributed by atoms with Crippen molar-refractivity contribution in [2.45, 2.75) is 25.9 Å². The van der Waals surface area contributed by atoms with Crippen molar-refractivity contribution in [2.75, 3.05) is 0 Å². The van der Waals surface area contributed by atoms with Gasteiger partial charge in [0.05, 0.1) is 11.7 Å². The van der Waals surface area contributed by atoms with Gasteiger partial charge in [0.25, 0.3) is 0 Å². The topological polar surface area (TPSA) is 97.1 Å². The van der Waals surface area contributed by atoms with E-state index in [0.29, 0.717) is 5.02 Å². The summed E-state index contributed by atoms with van der Waals surface area (Å²) in [6.07, 6.45) is 1.20. The van der Waals surface area contributed by atoms with E-state index in [1.807, 2.05) is 26.0 Å². The lowest BCUT2D eigenvalue weighted by Gasteiger charge is -2.27. The number of rotatable bonds is 5. The molecule has 1 heterocycles. The van der Waals surface area contributed by atoms with Crippen molar-refractivity contribution in [1.29, 1.82) is 0 Å². The maximum atomic E-state index is 12.1. The Morgan fingerprint density at radius 2 is 2.14 bits per heavy atom. The van der Waals surface area contributed by atoms with E-state index in [-0.39, 0.29) is 18.1 Å². The van der Waals surface area contributed by atoms with Gasteiger partial charge in [0.15, 0.2) is 5.69 Å². The first-order valence-electron chi connectivity index (χ1n) is 6.48. The van der Waals surface area contributed by atoms with Gasteiger partial charge in [0.1, 0.15) is 6.54 Å². The van der Waals surface area contributed by atoms with Crippen LogP contribution in [0.2, 0.25) is 5.02 Å². The maximum Gasteiger partial charge on any atom is 0.358 e. The quantitative estimate of drug-likeness (QED) is 0.873. The van der Waals surface area contributed by atoms with Crippen LogP contribution in [0.25, 0.3) is 0 Å². The highest BCUT2D eigenvalue weighted by Gasteiger charge is 2.23. The summed E-state index contributed by atoms with van der Waals surface area (Å²) in [7, 11) is 0. The van der Waals surface area contributed by atoms with Gasteiger partial charge in [-0.15, -0.1) is 5.10 Å². The first kappa shape index (κ1) is 16.0. The smallest absolute Gasteiger partial charge is 0.358 e.